The largest absolute Gasteiger partial charge is 0.497 e. The number of carbonyl (C=O) groups excluding carboxylic acids is 2. The molecule has 0 bridgehead atoms. The summed E-state index contributed by atoms with van der Waals surface area (Å²) in [4.78, 5) is 23.7. The van der Waals surface area contributed by atoms with Crippen molar-refractivity contribution in [2.75, 3.05) is 26.1 Å². The number of esters is 1. The topological polar surface area (TPSA) is 73.9 Å². The third-order valence-corrected chi connectivity index (χ3v) is 4.08. The number of benzene rings is 2. The highest BCUT2D eigenvalue weighted by atomic mass is 35.5. The number of hydrogen-bond donors (Lipinski definition) is 1. The lowest BCUT2D eigenvalue weighted by Crippen LogP contribution is -2.20. The second kappa shape index (κ2) is 10.0. The highest BCUT2D eigenvalue weighted by Crippen LogP contribution is 2.33. The Bertz CT molecular complexity index is 960. The van der Waals surface area contributed by atoms with Crippen molar-refractivity contribution in [3.63, 3.8) is 0 Å². The van der Waals surface area contributed by atoms with Crippen LogP contribution >= 0.6 is 11.6 Å². The minimum Gasteiger partial charge on any atom is -0.497 e. The molecule has 1 N–H and O–H groups in total. The third kappa shape index (κ3) is 6.41. The molecule has 0 aromatic heterocycles. The Balaban J connectivity index is 1.97. The molecule has 10 heteroatoms. The van der Waals surface area contributed by atoms with Crippen molar-refractivity contribution < 1.29 is 37.0 Å². The highest BCUT2D eigenvalue weighted by molar-refractivity contribution is 6.33. The van der Waals surface area contributed by atoms with Gasteiger partial charge in [0.2, 0.25) is 0 Å². The predicted molar refractivity (Wildman–Crippen MR) is 105 cm³/mol. The maximum atomic E-state index is 12.8. The van der Waals surface area contributed by atoms with Crippen LogP contribution in [-0.4, -0.2) is 32.7 Å². The molecular formula is C20H17ClF3NO5. The minimum absolute atomic E-state index is 0.0901. The van der Waals surface area contributed by atoms with Crippen LogP contribution in [0.1, 0.15) is 11.1 Å². The first kappa shape index (κ1) is 23.1. The lowest BCUT2D eigenvalue weighted by molar-refractivity contribution is -0.142. The Morgan fingerprint density at radius 3 is 2.47 bits per heavy atom. The molecule has 0 radical (unpaired) electrons. The summed E-state index contributed by atoms with van der Waals surface area (Å²) in [6, 6.07) is 7.45. The van der Waals surface area contributed by atoms with Crippen LogP contribution in [0.4, 0.5) is 18.9 Å². The summed E-state index contributed by atoms with van der Waals surface area (Å²) >= 11 is 5.80. The van der Waals surface area contributed by atoms with Gasteiger partial charge >= 0.3 is 12.1 Å². The van der Waals surface area contributed by atoms with Gasteiger partial charge in [-0.15, -0.1) is 0 Å². The molecular weight excluding hydrogens is 427 g/mol. The second-order valence-electron chi connectivity index (χ2n) is 5.79. The number of nitrogens with one attached hydrogen (secondary N) is 1. The zero-order chi connectivity index (χ0) is 22.3. The van der Waals surface area contributed by atoms with Crippen LogP contribution in [0.2, 0.25) is 5.02 Å². The van der Waals surface area contributed by atoms with Crippen molar-refractivity contribution in [1.29, 1.82) is 0 Å². The van der Waals surface area contributed by atoms with Gasteiger partial charge < -0.3 is 19.5 Å². The zero-order valence-electron chi connectivity index (χ0n) is 15.9. The first-order valence-electron chi connectivity index (χ1n) is 8.37. The van der Waals surface area contributed by atoms with E-state index in [1.165, 1.54) is 20.3 Å². The van der Waals surface area contributed by atoms with E-state index in [4.69, 9.17) is 25.8 Å². The Kier molecular flexibility index (Phi) is 7.71. The Morgan fingerprint density at radius 1 is 1.10 bits per heavy atom. The number of alkyl halides is 3. The van der Waals surface area contributed by atoms with Crippen LogP contribution in [0.25, 0.3) is 6.08 Å². The Labute approximate surface area is 175 Å². The van der Waals surface area contributed by atoms with E-state index in [1.54, 1.807) is 18.2 Å². The summed E-state index contributed by atoms with van der Waals surface area (Å²) in [5.41, 5.74) is -0.687. The SMILES string of the molecule is COc1ccc(OC)c(/C=C/C(=O)OCC(=O)Nc2cc(C(F)(F)F)ccc2Cl)c1. The fourth-order valence-corrected chi connectivity index (χ4v) is 2.46. The quantitative estimate of drug-likeness (QED) is 0.501. The summed E-state index contributed by atoms with van der Waals surface area (Å²) in [6.45, 7) is -0.717. The molecule has 2 rings (SSSR count). The van der Waals surface area contributed by atoms with Crippen molar-refractivity contribution in [3.05, 3.63) is 58.6 Å². The first-order valence-corrected chi connectivity index (χ1v) is 8.75. The van der Waals surface area contributed by atoms with Gasteiger partial charge in [-0.1, -0.05) is 11.6 Å². The van der Waals surface area contributed by atoms with Crippen LogP contribution in [0.5, 0.6) is 11.5 Å². The number of amides is 1. The van der Waals surface area contributed by atoms with E-state index < -0.39 is 30.2 Å². The highest BCUT2D eigenvalue weighted by Gasteiger charge is 2.31. The molecule has 2 aromatic carbocycles. The number of anilines is 1. The lowest BCUT2D eigenvalue weighted by atomic mass is 10.1. The van der Waals surface area contributed by atoms with Gasteiger partial charge in [0.25, 0.3) is 5.91 Å². The molecule has 0 aliphatic heterocycles. The lowest BCUT2D eigenvalue weighted by Gasteiger charge is -2.11. The zero-order valence-corrected chi connectivity index (χ0v) is 16.6. The fraction of sp³-hybridized carbons (Fsp3) is 0.200. The molecule has 0 saturated carbocycles. The number of methoxy groups -OCH3 is 2. The maximum Gasteiger partial charge on any atom is 0.416 e. The molecule has 0 atom stereocenters. The average Bonchev–Trinajstić information content (AvgIpc) is 2.71. The molecule has 6 nitrogen and oxygen atoms in total. The predicted octanol–water partition coefficient (Wildman–Crippen LogP) is 4.57. The normalized spacial score (nSPS) is 11.3. The molecule has 0 spiro atoms. The van der Waals surface area contributed by atoms with Crippen LogP contribution < -0.4 is 14.8 Å². The number of hydrogen-bond acceptors (Lipinski definition) is 5. The van der Waals surface area contributed by atoms with Gasteiger partial charge in [-0.05, 0) is 42.5 Å². The summed E-state index contributed by atoms with van der Waals surface area (Å²) < 4.78 is 53.4. The fourth-order valence-electron chi connectivity index (χ4n) is 2.30. The van der Waals surface area contributed by atoms with E-state index >= 15 is 0 Å². The minimum atomic E-state index is -4.59. The summed E-state index contributed by atoms with van der Waals surface area (Å²) in [5.74, 6) is -0.667. The van der Waals surface area contributed by atoms with Crippen molar-refractivity contribution >= 4 is 35.2 Å². The number of carbonyl (C=O) groups is 2. The molecule has 2 aromatic rings. The van der Waals surface area contributed by atoms with Crippen LogP contribution in [0, 0.1) is 0 Å². The van der Waals surface area contributed by atoms with Crippen LogP contribution in [0.15, 0.2) is 42.5 Å². The summed E-state index contributed by atoms with van der Waals surface area (Å²) in [7, 11) is 2.94. The standard InChI is InChI=1S/C20H17ClF3NO5/c1-28-14-5-7-17(29-2)12(9-14)3-8-19(27)30-11-18(26)25-16-10-13(20(22,23)24)4-6-15(16)21/h3-10H,11H2,1-2H3,(H,25,26)/b8-3+. The number of halogens is 4. The van der Waals surface area contributed by atoms with Gasteiger partial charge in [-0.3, -0.25) is 4.79 Å². The maximum absolute atomic E-state index is 12.8. The van der Waals surface area contributed by atoms with Gasteiger partial charge in [-0.25, -0.2) is 4.79 Å². The van der Waals surface area contributed by atoms with Crippen LogP contribution in [0.3, 0.4) is 0 Å². The number of rotatable bonds is 7. The van der Waals surface area contributed by atoms with E-state index in [-0.39, 0.29) is 10.7 Å². The molecule has 0 aliphatic rings. The monoisotopic (exact) mass is 443 g/mol. The smallest absolute Gasteiger partial charge is 0.416 e. The first-order chi connectivity index (χ1) is 14.1. The van der Waals surface area contributed by atoms with E-state index in [0.29, 0.717) is 23.1 Å². The van der Waals surface area contributed by atoms with Crippen molar-refractivity contribution in [2.24, 2.45) is 0 Å². The molecule has 0 fully saturated rings. The van der Waals surface area contributed by atoms with E-state index in [1.807, 2.05) is 0 Å². The van der Waals surface area contributed by atoms with E-state index in [0.717, 1.165) is 18.2 Å². The van der Waals surface area contributed by atoms with Gasteiger partial charge in [0.1, 0.15) is 11.5 Å². The van der Waals surface area contributed by atoms with Crippen molar-refractivity contribution in [1.82, 2.24) is 0 Å². The summed E-state index contributed by atoms with van der Waals surface area (Å²) in [5, 5.41) is 2.09. The molecule has 0 unspecified atom stereocenters. The second-order valence-corrected chi connectivity index (χ2v) is 6.20. The molecule has 0 saturated heterocycles. The van der Waals surface area contributed by atoms with Crippen molar-refractivity contribution in [2.45, 2.75) is 6.18 Å². The van der Waals surface area contributed by atoms with Gasteiger partial charge in [0.15, 0.2) is 6.61 Å². The third-order valence-electron chi connectivity index (χ3n) is 3.75. The molecule has 30 heavy (non-hydrogen) atoms. The van der Waals surface area contributed by atoms with E-state index in [2.05, 4.69) is 5.32 Å². The molecule has 1 amide bonds. The van der Waals surface area contributed by atoms with E-state index in [9.17, 15) is 22.8 Å². The molecule has 0 heterocycles. The number of ether oxygens (including phenoxy) is 3. The van der Waals surface area contributed by atoms with Crippen LogP contribution in [-0.2, 0) is 20.5 Å². The molecule has 160 valence electrons. The Morgan fingerprint density at radius 2 is 1.83 bits per heavy atom. The van der Waals surface area contributed by atoms with Crippen molar-refractivity contribution in [3.8, 4) is 11.5 Å². The average molecular weight is 444 g/mol. The van der Waals surface area contributed by atoms with Gasteiger partial charge in [0, 0.05) is 11.6 Å². The van der Waals surface area contributed by atoms with Gasteiger partial charge in [0.05, 0.1) is 30.5 Å². The summed E-state index contributed by atoms with van der Waals surface area (Å²) in [6.07, 6.45) is -2.12. The Hall–Kier alpha value is -3.20. The molecule has 0 aliphatic carbocycles. The van der Waals surface area contributed by atoms with Gasteiger partial charge in [-0.2, -0.15) is 13.2 Å².